The van der Waals surface area contributed by atoms with Crippen molar-refractivity contribution in [2.45, 2.75) is 43.7 Å². The highest BCUT2D eigenvalue weighted by atomic mass is 32.2. The van der Waals surface area contributed by atoms with E-state index in [2.05, 4.69) is 29.6 Å². The monoisotopic (exact) mass is 480 g/mol. The van der Waals surface area contributed by atoms with E-state index in [-0.39, 0.29) is 30.8 Å². The molecule has 2 aromatic rings. The van der Waals surface area contributed by atoms with E-state index in [0.29, 0.717) is 11.6 Å². The Morgan fingerprint density at radius 2 is 1.71 bits per heavy atom. The van der Waals surface area contributed by atoms with Gasteiger partial charge in [0.25, 0.3) is 0 Å². The molecule has 1 saturated carbocycles. The average molecular weight is 481 g/mol. The van der Waals surface area contributed by atoms with Crippen LogP contribution in [0.25, 0.3) is 11.1 Å². The van der Waals surface area contributed by atoms with Crippen LogP contribution in [-0.2, 0) is 14.3 Å². The number of alkyl carbamates (subject to hydrolysis) is 1. The molecule has 0 aromatic heterocycles. The highest BCUT2D eigenvalue weighted by Crippen LogP contribution is 2.45. The Kier molecular flexibility index (Phi) is 6.02. The van der Waals surface area contributed by atoms with E-state index < -0.39 is 23.6 Å². The van der Waals surface area contributed by atoms with Crippen molar-refractivity contribution < 1.29 is 24.2 Å². The average Bonchev–Trinajstić information content (AvgIpc) is 3.48. The number of carboxylic acids is 1. The lowest BCUT2D eigenvalue weighted by molar-refractivity contribution is -0.148. The smallest absolute Gasteiger partial charge is 0.407 e. The molecule has 0 radical (unpaired) electrons. The second kappa shape index (κ2) is 8.98. The van der Waals surface area contributed by atoms with Gasteiger partial charge in [0.1, 0.15) is 12.6 Å². The number of benzene rings is 2. The SMILES string of the molecule is CC(CC(=O)N1CSCC1C(=O)O)(NC(=O)OCC1c2ccccc2-c2ccccc21)C1CC1. The number of fused-ring (bicyclic) bond motifs is 3. The molecule has 2 amide bonds. The number of thioether (sulfide) groups is 1. The van der Waals surface area contributed by atoms with Gasteiger partial charge in [-0.2, -0.15) is 0 Å². The van der Waals surface area contributed by atoms with E-state index in [1.807, 2.05) is 31.2 Å². The van der Waals surface area contributed by atoms with Crippen molar-refractivity contribution in [3.05, 3.63) is 59.7 Å². The minimum atomic E-state index is -0.990. The van der Waals surface area contributed by atoms with Gasteiger partial charge in [0.2, 0.25) is 5.91 Å². The molecule has 3 aliphatic rings. The normalized spacial score (nSPS) is 20.9. The largest absolute Gasteiger partial charge is 0.480 e. The van der Waals surface area contributed by atoms with Gasteiger partial charge in [-0.1, -0.05) is 48.5 Å². The van der Waals surface area contributed by atoms with Gasteiger partial charge in [-0.25, -0.2) is 9.59 Å². The van der Waals surface area contributed by atoms with E-state index in [1.165, 1.54) is 16.7 Å². The Balaban J connectivity index is 1.25. The minimum absolute atomic E-state index is 0.0371. The van der Waals surface area contributed by atoms with E-state index in [9.17, 15) is 19.5 Å². The van der Waals surface area contributed by atoms with E-state index >= 15 is 0 Å². The maximum Gasteiger partial charge on any atom is 0.407 e. The fourth-order valence-corrected chi connectivity index (χ4v) is 6.36. The second-order valence-corrected chi connectivity index (χ2v) is 10.5. The van der Waals surface area contributed by atoms with Gasteiger partial charge < -0.3 is 20.1 Å². The van der Waals surface area contributed by atoms with Gasteiger partial charge in [-0.3, -0.25) is 4.79 Å². The van der Waals surface area contributed by atoms with Crippen LogP contribution in [0.4, 0.5) is 4.79 Å². The number of amides is 2. The number of hydrogen-bond acceptors (Lipinski definition) is 5. The van der Waals surface area contributed by atoms with Crippen LogP contribution < -0.4 is 5.32 Å². The highest BCUT2D eigenvalue weighted by Gasteiger charge is 2.46. The highest BCUT2D eigenvalue weighted by molar-refractivity contribution is 7.99. The summed E-state index contributed by atoms with van der Waals surface area (Å²) in [5, 5.41) is 12.4. The van der Waals surface area contributed by atoms with Gasteiger partial charge >= 0.3 is 12.1 Å². The first kappa shape index (κ1) is 22.8. The minimum Gasteiger partial charge on any atom is -0.480 e. The van der Waals surface area contributed by atoms with Crippen LogP contribution in [-0.4, -0.2) is 57.8 Å². The molecule has 1 saturated heterocycles. The summed E-state index contributed by atoms with van der Waals surface area (Å²) in [6.07, 6.45) is 1.36. The summed E-state index contributed by atoms with van der Waals surface area (Å²) in [4.78, 5) is 38.8. The molecule has 5 rings (SSSR count). The number of rotatable bonds is 7. The van der Waals surface area contributed by atoms with E-state index in [0.717, 1.165) is 35.1 Å². The lowest BCUT2D eigenvalue weighted by Gasteiger charge is -2.32. The van der Waals surface area contributed by atoms with Crippen molar-refractivity contribution in [3.63, 3.8) is 0 Å². The number of carbonyl (C=O) groups is 3. The van der Waals surface area contributed by atoms with Crippen molar-refractivity contribution >= 4 is 29.7 Å². The Morgan fingerprint density at radius 1 is 1.09 bits per heavy atom. The maximum absolute atomic E-state index is 13.0. The summed E-state index contributed by atoms with van der Waals surface area (Å²) < 4.78 is 5.71. The zero-order valence-electron chi connectivity index (χ0n) is 19.0. The van der Waals surface area contributed by atoms with Crippen LogP contribution in [0.5, 0.6) is 0 Å². The number of nitrogens with one attached hydrogen (secondary N) is 1. The van der Waals surface area contributed by atoms with Crippen LogP contribution in [0.2, 0.25) is 0 Å². The second-order valence-electron chi connectivity index (χ2n) is 9.54. The third kappa shape index (κ3) is 4.27. The summed E-state index contributed by atoms with van der Waals surface area (Å²) in [5.74, 6) is -0.343. The van der Waals surface area contributed by atoms with Crippen LogP contribution in [0.3, 0.4) is 0 Å². The summed E-state index contributed by atoms with van der Waals surface area (Å²) in [7, 11) is 0. The quantitative estimate of drug-likeness (QED) is 0.620. The van der Waals surface area contributed by atoms with Crippen LogP contribution in [0.15, 0.2) is 48.5 Å². The summed E-state index contributed by atoms with van der Waals surface area (Å²) in [6, 6.07) is 15.5. The van der Waals surface area contributed by atoms with Crippen molar-refractivity contribution in [1.29, 1.82) is 0 Å². The third-order valence-electron chi connectivity index (χ3n) is 7.22. The molecule has 178 valence electrons. The lowest BCUT2D eigenvalue weighted by Crippen LogP contribution is -2.53. The Bertz CT molecular complexity index is 1090. The van der Waals surface area contributed by atoms with Crippen LogP contribution in [0, 0.1) is 5.92 Å². The summed E-state index contributed by atoms with van der Waals surface area (Å²) in [5.41, 5.74) is 3.84. The fourth-order valence-electron chi connectivity index (χ4n) is 5.19. The predicted molar refractivity (Wildman–Crippen MR) is 130 cm³/mol. The molecule has 0 bridgehead atoms. The molecule has 34 heavy (non-hydrogen) atoms. The van der Waals surface area contributed by atoms with Crippen LogP contribution in [0.1, 0.15) is 43.2 Å². The van der Waals surface area contributed by atoms with Gasteiger partial charge in [0.05, 0.1) is 17.8 Å². The first-order valence-corrected chi connectivity index (χ1v) is 12.8. The van der Waals surface area contributed by atoms with Crippen LogP contribution >= 0.6 is 11.8 Å². The van der Waals surface area contributed by atoms with E-state index in [4.69, 9.17) is 4.74 Å². The molecule has 7 nitrogen and oxygen atoms in total. The first-order chi connectivity index (χ1) is 16.4. The Labute approximate surface area is 202 Å². The number of nitrogens with zero attached hydrogens (tertiary/aromatic N) is 1. The molecule has 2 atom stereocenters. The molecule has 1 aliphatic heterocycles. The number of aliphatic carboxylic acids is 1. The molecule has 0 spiro atoms. The van der Waals surface area contributed by atoms with Crippen molar-refractivity contribution in [3.8, 4) is 11.1 Å². The molecule has 2 unspecified atom stereocenters. The first-order valence-electron chi connectivity index (χ1n) is 11.6. The molecule has 1 heterocycles. The van der Waals surface area contributed by atoms with Crippen molar-refractivity contribution in [2.75, 3.05) is 18.2 Å². The molecule has 2 aromatic carbocycles. The molecular formula is C26H28N2O5S. The number of hydrogen-bond donors (Lipinski definition) is 2. The number of carboxylic acid groups (broad SMARTS) is 1. The third-order valence-corrected chi connectivity index (χ3v) is 8.23. The molecule has 8 heteroatoms. The zero-order chi connectivity index (χ0) is 23.9. The van der Waals surface area contributed by atoms with Gasteiger partial charge in [0, 0.05) is 11.7 Å². The molecule has 2 N–H and O–H groups in total. The van der Waals surface area contributed by atoms with Crippen molar-refractivity contribution in [2.24, 2.45) is 5.92 Å². The fraction of sp³-hybridized carbons (Fsp3) is 0.423. The maximum atomic E-state index is 13.0. The Hall–Kier alpha value is -3.00. The molecular weight excluding hydrogens is 452 g/mol. The summed E-state index contributed by atoms with van der Waals surface area (Å²) >= 11 is 1.43. The lowest BCUT2D eigenvalue weighted by atomic mass is 9.91. The molecule has 2 aliphatic carbocycles. The topological polar surface area (TPSA) is 95.9 Å². The standard InChI is InChI=1S/C26H28N2O5S/c1-26(16-10-11-16,12-23(29)28-15-34-14-22(28)24(30)31)27-25(32)33-13-21-19-8-4-2-6-17(19)18-7-3-5-9-20(18)21/h2-9,16,21-22H,10-15H2,1H3,(H,27,32)(H,30,31). The zero-order valence-corrected chi connectivity index (χ0v) is 19.8. The number of carbonyl (C=O) groups excluding carboxylic acids is 2. The van der Waals surface area contributed by atoms with Gasteiger partial charge in [-0.15, -0.1) is 11.8 Å². The van der Waals surface area contributed by atoms with Gasteiger partial charge in [0.15, 0.2) is 0 Å². The van der Waals surface area contributed by atoms with E-state index in [1.54, 1.807) is 0 Å². The Morgan fingerprint density at radius 3 is 2.29 bits per heavy atom. The number of ether oxygens (including phenoxy) is 1. The van der Waals surface area contributed by atoms with Crippen molar-refractivity contribution in [1.82, 2.24) is 10.2 Å². The molecule has 2 fully saturated rings. The summed E-state index contributed by atoms with van der Waals surface area (Å²) in [6.45, 7) is 2.07. The predicted octanol–water partition coefficient (Wildman–Crippen LogP) is 4.07. The van der Waals surface area contributed by atoms with Gasteiger partial charge in [-0.05, 0) is 47.9 Å².